The number of para-hydroxylation sites is 1. The molecule has 5 nitrogen and oxygen atoms in total. The van der Waals surface area contributed by atoms with Crippen LogP contribution in [0.5, 0.6) is 5.75 Å². The van der Waals surface area contributed by atoms with E-state index in [0.717, 1.165) is 16.5 Å². The first-order valence-electron chi connectivity index (χ1n) is 7.56. The van der Waals surface area contributed by atoms with Crippen molar-refractivity contribution in [3.8, 4) is 5.75 Å². The van der Waals surface area contributed by atoms with Crippen LogP contribution in [0.15, 0.2) is 64.5 Å². The van der Waals surface area contributed by atoms with Gasteiger partial charge in [-0.3, -0.25) is 4.79 Å². The summed E-state index contributed by atoms with van der Waals surface area (Å²) in [5, 5.41) is 4.60. The third-order valence-electron chi connectivity index (χ3n) is 3.83. The topological polar surface area (TPSA) is 52.8 Å². The van der Waals surface area contributed by atoms with Crippen molar-refractivity contribution in [2.45, 2.75) is 6.54 Å². The summed E-state index contributed by atoms with van der Waals surface area (Å²) in [5.74, 6) is 0.501. The van der Waals surface area contributed by atoms with Crippen LogP contribution in [-0.2, 0) is 11.4 Å². The normalized spacial score (nSPS) is 11.1. The van der Waals surface area contributed by atoms with Crippen LogP contribution in [-0.4, -0.2) is 25.0 Å². The number of ether oxygens (including phenoxy) is 1. The Morgan fingerprint density at radius 3 is 2.46 bits per heavy atom. The van der Waals surface area contributed by atoms with Gasteiger partial charge in [0.25, 0.3) is 5.56 Å². The van der Waals surface area contributed by atoms with Gasteiger partial charge in [-0.05, 0) is 17.7 Å². The molecule has 1 aromatic heterocycles. The van der Waals surface area contributed by atoms with E-state index in [-0.39, 0.29) is 5.56 Å². The van der Waals surface area contributed by atoms with Crippen molar-refractivity contribution in [2.75, 3.05) is 14.2 Å². The number of oxime groups is 1. The number of methoxy groups -OCH3 is 1. The van der Waals surface area contributed by atoms with Gasteiger partial charge in [0.2, 0.25) is 0 Å². The van der Waals surface area contributed by atoms with Gasteiger partial charge in [0.1, 0.15) is 18.4 Å². The molecule has 0 saturated heterocycles. The average Bonchev–Trinajstić information content (AvgIpc) is 2.63. The highest BCUT2D eigenvalue weighted by Gasteiger charge is 2.16. The third kappa shape index (κ3) is 2.88. The molecule has 0 aliphatic heterocycles. The molecule has 0 bridgehead atoms. The number of nitrogens with zero attached hydrogens (tertiary/aromatic N) is 2. The van der Waals surface area contributed by atoms with Crippen molar-refractivity contribution < 1.29 is 9.57 Å². The summed E-state index contributed by atoms with van der Waals surface area (Å²) in [7, 11) is 2.99. The molecule has 5 heteroatoms. The van der Waals surface area contributed by atoms with E-state index in [0.29, 0.717) is 17.9 Å². The van der Waals surface area contributed by atoms with Crippen molar-refractivity contribution in [1.29, 1.82) is 0 Å². The zero-order chi connectivity index (χ0) is 16.9. The third-order valence-corrected chi connectivity index (χ3v) is 3.83. The first-order valence-corrected chi connectivity index (χ1v) is 7.56. The molecule has 0 unspecified atom stereocenters. The van der Waals surface area contributed by atoms with E-state index in [9.17, 15) is 4.79 Å². The first kappa shape index (κ1) is 15.8. The summed E-state index contributed by atoms with van der Waals surface area (Å²) in [4.78, 5) is 17.7. The maximum absolute atomic E-state index is 13.0. The lowest BCUT2D eigenvalue weighted by Crippen LogP contribution is -2.25. The highest BCUT2D eigenvalue weighted by molar-refractivity contribution is 5.95. The van der Waals surface area contributed by atoms with Crippen molar-refractivity contribution >= 4 is 17.1 Å². The van der Waals surface area contributed by atoms with Crippen LogP contribution in [0.2, 0.25) is 0 Å². The summed E-state index contributed by atoms with van der Waals surface area (Å²) >= 11 is 0. The van der Waals surface area contributed by atoms with Crippen LogP contribution in [0, 0.1) is 0 Å². The molecule has 2 aromatic carbocycles. The minimum Gasteiger partial charge on any atom is -0.495 e. The molecular weight excluding hydrogens is 304 g/mol. The maximum atomic E-state index is 13.0. The lowest BCUT2D eigenvalue weighted by Gasteiger charge is -2.15. The molecule has 0 amide bonds. The molecule has 0 aliphatic rings. The number of rotatable bonds is 5. The Morgan fingerprint density at radius 1 is 1.04 bits per heavy atom. The van der Waals surface area contributed by atoms with E-state index in [1.165, 1.54) is 13.3 Å². The number of aromatic nitrogens is 1. The molecule has 24 heavy (non-hydrogen) atoms. The van der Waals surface area contributed by atoms with E-state index >= 15 is 0 Å². The predicted molar refractivity (Wildman–Crippen MR) is 94.9 cm³/mol. The van der Waals surface area contributed by atoms with E-state index in [1.807, 2.05) is 54.6 Å². The van der Waals surface area contributed by atoms with E-state index in [1.54, 1.807) is 11.7 Å². The van der Waals surface area contributed by atoms with E-state index < -0.39 is 0 Å². The molecule has 0 radical (unpaired) electrons. The maximum Gasteiger partial charge on any atom is 0.264 e. The zero-order valence-corrected chi connectivity index (χ0v) is 13.6. The van der Waals surface area contributed by atoms with Crippen molar-refractivity contribution in [3.05, 3.63) is 76.1 Å². The molecule has 0 N–H and O–H groups in total. The van der Waals surface area contributed by atoms with Gasteiger partial charge in [-0.25, -0.2) is 0 Å². The van der Waals surface area contributed by atoms with Crippen LogP contribution in [0.3, 0.4) is 0 Å². The fourth-order valence-electron chi connectivity index (χ4n) is 2.76. The van der Waals surface area contributed by atoms with Gasteiger partial charge in [0.15, 0.2) is 0 Å². The highest BCUT2D eigenvalue weighted by Crippen LogP contribution is 2.26. The number of pyridine rings is 1. The number of hydrogen-bond donors (Lipinski definition) is 0. The standard InChI is InChI=1S/C19H18N2O3/c1-23-18-15-10-6-7-11-17(15)21(13-14-8-4-3-5-9-14)19(22)16(18)12-20-24-2/h3-12H,13H2,1-2H3. The summed E-state index contributed by atoms with van der Waals surface area (Å²) in [6.07, 6.45) is 1.40. The molecule has 1 heterocycles. The second-order valence-electron chi connectivity index (χ2n) is 5.26. The number of fused-ring (bicyclic) bond motifs is 1. The van der Waals surface area contributed by atoms with Gasteiger partial charge in [-0.2, -0.15) is 0 Å². The molecule has 3 aromatic rings. The summed E-state index contributed by atoms with van der Waals surface area (Å²) in [6.45, 7) is 0.470. The number of hydrogen-bond acceptors (Lipinski definition) is 4. The Labute approximate surface area is 139 Å². The molecule has 0 fully saturated rings. The molecule has 122 valence electrons. The lowest BCUT2D eigenvalue weighted by atomic mass is 10.1. The molecule has 0 spiro atoms. The molecule has 0 saturated carbocycles. The molecule has 0 aliphatic carbocycles. The fraction of sp³-hybridized carbons (Fsp3) is 0.158. The first-order chi connectivity index (χ1) is 11.8. The van der Waals surface area contributed by atoms with E-state index in [2.05, 4.69) is 5.16 Å². The van der Waals surface area contributed by atoms with Crippen LogP contribution >= 0.6 is 0 Å². The quantitative estimate of drug-likeness (QED) is 0.536. The lowest BCUT2D eigenvalue weighted by molar-refractivity contribution is 0.215. The molecular formula is C19H18N2O3. The zero-order valence-electron chi connectivity index (χ0n) is 13.6. The van der Waals surface area contributed by atoms with Gasteiger partial charge < -0.3 is 14.1 Å². The van der Waals surface area contributed by atoms with Gasteiger partial charge in [0, 0.05) is 5.39 Å². The van der Waals surface area contributed by atoms with Crippen LogP contribution < -0.4 is 10.3 Å². The summed E-state index contributed by atoms with van der Waals surface area (Å²) in [5.41, 5.74) is 2.06. The largest absolute Gasteiger partial charge is 0.495 e. The van der Waals surface area contributed by atoms with Gasteiger partial charge in [0.05, 0.1) is 25.4 Å². The predicted octanol–water partition coefficient (Wildman–Crippen LogP) is 3.04. The Balaban J connectivity index is 2.29. The second kappa shape index (κ2) is 7.00. The SMILES string of the molecule is CON=Cc1c(OC)c2ccccc2n(Cc2ccccc2)c1=O. The Hall–Kier alpha value is -3.08. The van der Waals surface area contributed by atoms with Gasteiger partial charge in [-0.15, -0.1) is 0 Å². The minimum absolute atomic E-state index is 0.171. The van der Waals surface area contributed by atoms with E-state index in [4.69, 9.17) is 9.57 Å². The van der Waals surface area contributed by atoms with Gasteiger partial charge >= 0.3 is 0 Å². The summed E-state index contributed by atoms with van der Waals surface area (Å²) < 4.78 is 7.21. The van der Waals surface area contributed by atoms with Crippen molar-refractivity contribution in [2.24, 2.45) is 5.16 Å². The average molecular weight is 322 g/mol. The van der Waals surface area contributed by atoms with Crippen molar-refractivity contribution in [1.82, 2.24) is 4.57 Å². The van der Waals surface area contributed by atoms with Crippen LogP contribution in [0.25, 0.3) is 10.9 Å². The Kier molecular flexibility index (Phi) is 4.61. The minimum atomic E-state index is -0.171. The van der Waals surface area contributed by atoms with Crippen LogP contribution in [0.1, 0.15) is 11.1 Å². The molecule has 3 rings (SSSR count). The Bertz CT molecular complexity index is 930. The second-order valence-corrected chi connectivity index (χ2v) is 5.26. The Morgan fingerprint density at radius 2 is 1.75 bits per heavy atom. The smallest absolute Gasteiger partial charge is 0.264 e. The molecule has 0 atom stereocenters. The fourth-order valence-corrected chi connectivity index (χ4v) is 2.76. The van der Waals surface area contributed by atoms with Gasteiger partial charge in [-0.1, -0.05) is 47.6 Å². The highest BCUT2D eigenvalue weighted by atomic mass is 16.6. The monoisotopic (exact) mass is 322 g/mol. The number of benzene rings is 2. The van der Waals surface area contributed by atoms with Crippen LogP contribution in [0.4, 0.5) is 0 Å². The van der Waals surface area contributed by atoms with Crippen molar-refractivity contribution in [3.63, 3.8) is 0 Å². The summed E-state index contributed by atoms with van der Waals surface area (Å²) in [6, 6.07) is 17.5.